The molecule has 0 radical (unpaired) electrons. The van der Waals surface area contributed by atoms with Crippen LogP contribution in [0, 0.1) is 47.2 Å². The Bertz CT molecular complexity index is 2720. The normalized spacial score (nSPS) is 17.7. The lowest BCUT2D eigenvalue weighted by Crippen LogP contribution is -2.36. The van der Waals surface area contributed by atoms with E-state index < -0.39 is 93.6 Å². The quantitative estimate of drug-likeness (QED) is 0.120. The number of hydrogen-bond acceptors (Lipinski definition) is 7. The summed E-state index contributed by atoms with van der Waals surface area (Å²) in [6, 6.07) is 9.08. The fourth-order valence-corrected chi connectivity index (χ4v) is 7.60. The van der Waals surface area contributed by atoms with Gasteiger partial charge in [-0.3, -0.25) is 18.9 Å². The van der Waals surface area contributed by atoms with Gasteiger partial charge in [0.15, 0.2) is 11.5 Å². The van der Waals surface area contributed by atoms with Crippen LogP contribution in [0.15, 0.2) is 48.5 Å². The highest BCUT2D eigenvalue weighted by molar-refractivity contribution is 7.92. The molecule has 3 aromatic heterocycles. The molecular formula is C39H32F7N7O4S. The van der Waals surface area contributed by atoms with E-state index in [2.05, 4.69) is 43.9 Å². The minimum absolute atomic E-state index is 0.000226. The van der Waals surface area contributed by atoms with Crippen LogP contribution in [0.5, 0.6) is 0 Å². The lowest BCUT2D eigenvalue weighted by Gasteiger charge is -2.24. The number of alkyl halides is 5. The number of halogens is 7. The van der Waals surface area contributed by atoms with Crippen LogP contribution in [0.1, 0.15) is 59.7 Å². The average molecular weight is 828 g/mol. The van der Waals surface area contributed by atoms with Crippen molar-refractivity contribution in [2.45, 2.75) is 57.0 Å². The van der Waals surface area contributed by atoms with Crippen LogP contribution in [0.25, 0.3) is 22.0 Å². The Morgan fingerprint density at radius 2 is 1.76 bits per heavy atom. The molecule has 11 nitrogen and oxygen atoms in total. The second-order valence-electron chi connectivity index (χ2n) is 14.4. The largest absolute Gasteiger partial charge is 0.435 e. The lowest BCUT2D eigenvalue weighted by molar-refractivity contribution is -0.142. The van der Waals surface area contributed by atoms with Crippen molar-refractivity contribution >= 4 is 32.7 Å². The number of rotatable bonds is 10. The van der Waals surface area contributed by atoms with E-state index in [1.165, 1.54) is 10.7 Å². The molecule has 1 amide bonds. The van der Waals surface area contributed by atoms with Crippen molar-refractivity contribution in [1.82, 2.24) is 29.9 Å². The molecule has 5 aromatic rings. The van der Waals surface area contributed by atoms with Crippen LogP contribution in [0.3, 0.4) is 0 Å². The van der Waals surface area contributed by atoms with E-state index in [0.717, 1.165) is 18.4 Å². The standard InChI is InChI=1S/C39H32F7N7O4S/c1-19(2)30(54)13-9-23-8-10-24(25-6-5-7-27-34(25)52(3)50-37(27)51-58(4,56)57)33(47-23)29(16-20-14-21(40)17-22(41)15-20)48-31(55)18-53-36-32(35(49-53)39(44,45)46)26-11-12-28(26)38(36,42)43/h5-8,10,14-15,17,19,26,28-30,54H,16,18H2,1-4H3,(H,48,55)(H,50,51)/t26-,28+,29-,30?/m0/s1. The summed E-state index contributed by atoms with van der Waals surface area (Å²) in [5, 5.41) is 21.1. The number of aliphatic hydroxyl groups is 1. The summed E-state index contributed by atoms with van der Waals surface area (Å²) in [5.74, 6) is -0.340. The minimum Gasteiger partial charge on any atom is -0.380 e. The summed E-state index contributed by atoms with van der Waals surface area (Å²) in [6.45, 7) is 2.33. The van der Waals surface area contributed by atoms with E-state index in [4.69, 9.17) is 4.98 Å². The average Bonchev–Trinajstić information content (AvgIpc) is 3.66. The van der Waals surface area contributed by atoms with E-state index >= 15 is 8.78 Å². The van der Waals surface area contributed by atoms with E-state index in [1.807, 2.05) is 0 Å². The molecule has 0 saturated heterocycles. The number of fused-ring (bicyclic) bond motifs is 4. The second kappa shape index (κ2) is 14.5. The SMILES string of the molecule is CC(C)C(O)C#Cc1ccc(-c2cccc3c(NS(C)(=O)=O)nn(C)c23)c([C@H](Cc2cc(F)cc(F)c2)NC(=O)Cn2nc(C(F)(F)F)c3c2C(F)(F)[C@@H]2C#C[C@H]32)n1. The highest BCUT2D eigenvalue weighted by Gasteiger charge is 2.62. The smallest absolute Gasteiger partial charge is 0.380 e. The maximum Gasteiger partial charge on any atom is 0.435 e. The number of aromatic nitrogens is 5. The number of hydrogen-bond donors (Lipinski definition) is 3. The maximum absolute atomic E-state index is 15.5. The van der Waals surface area contributed by atoms with Gasteiger partial charge < -0.3 is 10.4 Å². The molecule has 0 spiro atoms. The van der Waals surface area contributed by atoms with Gasteiger partial charge in [0, 0.05) is 35.2 Å². The Balaban J connectivity index is 1.38. The van der Waals surface area contributed by atoms with Crippen molar-refractivity contribution in [2.75, 3.05) is 11.0 Å². The van der Waals surface area contributed by atoms with Crippen molar-refractivity contribution in [3.8, 4) is 34.8 Å². The first-order valence-electron chi connectivity index (χ1n) is 17.6. The molecule has 58 heavy (non-hydrogen) atoms. The topological polar surface area (TPSA) is 144 Å². The van der Waals surface area contributed by atoms with Gasteiger partial charge in [-0.05, 0) is 54.2 Å². The molecule has 0 bridgehead atoms. The third-order valence-electron chi connectivity index (χ3n) is 9.66. The Hall–Kier alpha value is -5.92. The Kier molecular flexibility index (Phi) is 10.1. The third-order valence-corrected chi connectivity index (χ3v) is 10.2. The fourth-order valence-electron chi connectivity index (χ4n) is 7.10. The summed E-state index contributed by atoms with van der Waals surface area (Å²) in [7, 11) is -2.25. The molecule has 2 aliphatic carbocycles. The molecular weight excluding hydrogens is 796 g/mol. The van der Waals surface area contributed by atoms with Crippen LogP contribution in [-0.4, -0.2) is 56.3 Å². The van der Waals surface area contributed by atoms with Crippen LogP contribution in [0.4, 0.5) is 36.6 Å². The molecule has 3 heterocycles. The molecule has 0 aliphatic heterocycles. The van der Waals surface area contributed by atoms with Crippen molar-refractivity contribution < 1.29 is 49.1 Å². The number of nitrogens with zero attached hydrogens (tertiary/aromatic N) is 5. The first-order chi connectivity index (χ1) is 27.1. The molecule has 1 unspecified atom stereocenters. The number of aliphatic hydroxyl groups excluding tert-OH is 1. The van der Waals surface area contributed by atoms with Crippen LogP contribution in [-0.2, 0) is 46.9 Å². The zero-order valence-corrected chi connectivity index (χ0v) is 31.7. The number of carbonyl (C=O) groups excluding carboxylic acids is 1. The van der Waals surface area contributed by atoms with Gasteiger partial charge in [0.25, 0.3) is 0 Å². The predicted molar refractivity (Wildman–Crippen MR) is 196 cm³/mol. The van der Waals surface area contributed by atoms with Gasteiger partial charge in [0.2, 0.25) is 15.9 Å². The summed E-state index contributed by atoms with van der Waals surface area (Å²) in [4.78, 5) is 18.6. The van der Waals surface area contributed by atoms with Gasteiger partial charge in [-0.1, -0.05) is 43.7 Å². The van der Waals surface area contributed by atoms with Gasteiger partial charge in [-0.25, -0.2) is 22.2 Å². The molecule has 7 rings (SSSR count). The molecule has 302 valence electrons. The van der Waals surface area contributed by atoms with E-state index in [1.54, 1.807) is 45.2 Å². The summed E-state index contributed by atoms with van der Waals surface area (Å²) in [5.41, 5.74) is -2.42. The summed E-state index contributed by atoms with van der Waals surface area (Å²) < 4.78 is 131. The van der Waals surface area contributed by atoms with Crippen molar-refractivity contribution in [3.05, 3.63) is 94.1 Å². The fraction of sp³-hybridized carbons (Fsp3) is 0.333. The van der Waals surface area contributed by atoms with Crippen molar-refractivity contribution in [1.29, 1.82) is 0 Å². The summed E-state index contributed by atoms with van der Waals surface area (Å²) >= 11 is 0. The Morgan fingerprint density at radius 3 is 2.38 bits per heavy atom. The number of para-hydroxylation sites is 1. The van der Waals surface area contributed by atoms with Crippen LogP contribution in [0.2, 0.25) is 0 Å². The molecule has 3 N–H and O–H groups in total. The number of benzene rings is 2. The van der Waals surface area contributed by atoms with E-state index in [0.29, 0.717) is 27.2 Å². The first-order valence-corrected chi connectivity index (χ1v) is 19.5. The van der Waals surface area contributed by atoms with Crippen molar-refractivity contribution in [2.24, 2.45) is 18.9 Å². The minimum atomic E-state index is -5.15. The van der Waals surface area contributed by atoms with Gasteiger partial charge in [-0.2, -0.15) is 32.1 Å². The molecule has 0 fully saturated rings. The number of amides is 1. The lowest BCUT2D eigenvalue weighted by atomic mass is 9.84. The highest BCUT2D eigenvalue weighted by atomic mass is 32.2. The van der Waals surface area contributed by atoms with E-state index in [-0.39, 0.29) is 34.3 Å². The predicted octanol–water partition coefficient (Wildman–Crippen LogP) is 5.79. The van der Waals surface area contributed by atoms with Gasteiger partial charge in [0.05, 0.1) is 29.4 Å². The number of carbonyl (C=O) groups is 1. The maximum atomic E-state index is 15.5. The number of aryl methyl sites for hydroxylation is 1. The zero-order valence-electron chi connectivity index (χ0n) is 30.9. The molecule has 0 saturated carbocycles. The highest BCUT2D eigenvalue weighted by Crippen LogP contribution is 2.58. The van der Waals surface area contributed by atoms with Gasteiger partial charge in [0.1, 0.15) is 41.6 Å². The third kappa shape index (κ3) is 7.59. The Labute approximate surface area is 326 Å². The number of pyridine rings is 1. The number of sulfonamides is 1. The van der Waals surface area contributed by atoms with Gasteiger partial charge >= 0.3 is 12.1 Å². The molecule has 19 heteroatoms. The number of anilines is 1. The Morgan fingerprint density at radius 1 is 1.05 bits per heavy atom. The van der Waals surface area contributed by atoms with E-state index in [9.17, 15) is 40.3 Å². The zero-order chi connectivity index (χ0) is 42.1. The first kappa shape index (κ1) is 40.3. The monoisotopic (exact) mass is 827 g/mol. The molecule has 2 aliphatic rings. The molecule has 4 atom stereocenters. The molecule has 2 aromatic carbocycles. The second-order valence-corrected chi connectivity index (χ2v) is 16.1. The number of nitrogens with one attached hydrogen (secondary N) is 2. The van der Waals surface area contributed by atoms with Crippen LogP contribution >= 0.6 is 0 Å². The summed E-state index contributed by atoms with van der Waals surface area (Å²) in [6.07, 6.45) is -5.67. The van der Waals surface area contributed by atoms with Gasteiger partial charge in [-0.15, -0.1) is 0 Å². The van der Waals surface area contributed by atoms with Crippen LogP contribution < -0.4 is 10.0 Å². The van der Waals surface area contributed by atoms with Crippen molar-refractivity contribution in [3.63, 3.8) is 0 Å².